The molecule has 0 aromatic heterocycles. The van der Waals surface area contributed by atoms with Crippen LogP contribution in [0.15, 0.2) is 60.7 Å². The van der Waals surface area contributed by atoms with Crippen LogP contribution in [0.1, 0.15) is 15.9 Å². The van der Waals surface area contributed by atoms with Crippen molar-refractivity contribution in [3.8, 4) is 0 Å². The molecule has 0 aliphatic rings. The minimum Gasteiger partial charge on any atom is -0.332 e. The number of nitrogens with one attached hydrogen (secondary N) is 3. The van der Waals surface area contributed by atoms with Crippen LogP contribution in [-0.4, -0.2) is 11.0 Å². The van der Waals surface area contributed by atoms with Gasteiger partial charge in [0.05, 0.1) is 21.3 Å². The summed E-state index contributed by atoms with van der Waals surface area (Å²) in [5, 5.41) is 8.06. The highest BCUT2D eigenvalue weighted by Gasteiger charge is 2.30. The minimum atomic E-state index is -4.51. The predicted octanol–water partition coefficient (Wildman–Crippen LogP) is 7.21. The molecule has 4 nitrogen and oxygen atoms in total. The van der Waals surface area contributed by atoms with Gasteiger partial charge in [0.1, 0.15) is 5.82 Å². The zero-order chi connectivity index (χ0) is 23.5. The monoisotopic (exact) mass is 501 g/mol. The van der Waals surface area contributed by atoms with E-state index in [4.69, 9.17) is 35.4 Å². The third-order valence-corrected chi connectivity index (χ3v) is 5.05. The van der Waals surface area contributed by atoms with Crippen LogP contribution >= 0.6 is 35.4 Å². The van der Waals surface area contributed by atoms with Crippen LogP contribution in [0.4, 0.5) is 34.6 Å². The van der Waals surface area contributed by atoms with Gasteiger partial charge in [0, 0.05) is 16.9 Å². The Hall–Kier alpha value is -2.88. The number of alkyl halides is 3. The maximum absolute atomic E-state index is 14.2. The highest BCUT2D eigenvalue weighted by atomic mass is 35.5. The summed E-state index contributed by atoms with van der Waals surface area (Å²) < 4.78 is 52.7. The van der Waals surface area contributed by atoms with E-state index in [9.17, 15) is 22.4 Å². The van der Waals surface area contributed by atoms with E-state index >= 15 is 0 Å². The van der Waals surface area contributed by atoms with Crippen molar-refractivity contribution in [1.29, 1.82) is 0 Å². The lowest BCUT2D eigenvalue weighted by Gasteiger charge is -2.14. The molecule has 0 heterocycles. The largest absolute Gasteiger partial charge is 0.416 e. The molecule has 32 heavy (non-hydrogen) atoms. The third kappa shape index (κ3) is 6.09. The Bertz CT molecular complexity index is 1190. The van der Waals surface area contributed by atoms with Gasteiger partial charge in [-0.2, -0.15) is 13.2 Å². The van der Waals surface area contributed by atoms with Crippen molar-refractivity contribution in [1.82, 2.24) is 0 Å². The third-order valence-electron chi connectivity index (χ3n) is 4.10. The number of anilines is 3. The van der Waals surface area contributed by atoms with Gasteiger partial charge in [-0.25, -0.2) is 4.39 Å². The van der Waals surface area contributed by atoms with E-state index in [1.165, 1.54) is 42.5 Å². The zero-order valence-corrected chi connectivity index (χ0v) is 18.2. The number of hydrogen-bond acceptors (Lipinski definition) is 2. The number of rotatable bonds is 4. The van der Waals surface area contributed by atoms with Crippen LogP contribution in [0.25, 0.3) is 0 Å². The van der Waals surface area contributed by atoms with Crippen LogP contribution in [0, 0.1) is 5.82 Å². The molecule has 0 unspecified atom stereocenters. The molecule has 3 rings (SSSR count). The predicted molar refractivity (Wildman–Crippen MR) is 122 cm³/mol. The SMILES string of the molecule is O=C(Nc1ccc(F)c(NC(=S)Nc2cccc(C(F)(F)F)c2)c1)c1ccc(Cl)c(Cl)c1. The normalized spacial score (nSPS) is 11.1. The van der Waals surface area contributed by atoms with Crippen LogP contribution in [0.3, 0.4) is 0 Å². The van der Waals surface area contributed by atoms with Crippen molar-refractivity contribution in [3.63, 3.8) is 0 Å². The van der Waals surface area contributed by atoms with E-state index in [0.717, 1.165) is 18.2 Å². The summed E-state index contributed by atoms with van der Waals surface area (Å²) in [4.78, 5) is 12.4. The molecule has 3 aromatic rings. The van der Waals surface area contributed by atoms with Crippen LogP contribution in [0.5, 0.6) is 0 Å². The van der Waals surface area contributed by atoms with Crippen molar-refractivity contribution in [2.45, 2.75) is 6.18 Å². The van der Waals surface area contributed by atoms with Gasteiger partial charge in [0.15, 0.2) is 5.11 Å². The smallest absolute Gasteiger partial charge is 0.332 e. The Labute approximate surface area is 195 Å². The molecular weight excluding hydrogens is 489 g/mol. The lowest BCUT2D eigenvalue weighted by Crippen LogP contribution is -2.20. The fourth-order valence-electron chi connectivity index (χ4n) is 2.60. The maximum Gasteiger partial charge on any atom is 0.416 e. The summed E-state index contributed by atoms with van der Waals surface area (Å²) in [7, 11) is 0. The first-order valence-corrected chi connectivity index (χ1v) is 10.0. The summed E-state index contributed by atoms with van der Waals surface area (Å²) in [6, 6.07) is 12.4. The lowest BCUT2D eigenvalue weighted by molar-refractivity contribution is -0.137. The average molecular weight is 502 g/mol. The molecule has 0 radical (unpaired) electrons. The summed E-state index contributed by atoms with van der Waals surface area (Å²) in [6.45, 7) is 0. The molecule has 0 fully saturated rings. The Morgan fingerprint density at radius 1 is 0.844 bits per heavy atom. The fraction of sp³-hybridized carbons (Fsp3) is 0.0476. The number of benzene rings is 3. The van der Waals surface area contributed by atoms with Gasteiger partial charge in [-0.05, 0) is 66.8 Å². The van der Waals surface area contributed by atoms with E-state index in [0.29, 0.717) is 5.02 Å². The van der Waals surface area contributed by atoms with Gasteiger partial charge in [0.25, 0.3) is 5.91 Å². The van der Waals surface area contributed by atoms with Gasteiger partial charge in [-0.3, -0.25) is 4.79 Å². The second-order valence-electron chi connectivity index (χ2n) is 6.44. The second-order valence-corrected chi connectivity index (χ2v) is 7.66. The molecule has 0 atom stereocenters. The number of carbonyl (C=O) groups excluding carboxylic acids is 1. The van der Waals surface area contributed by atoms with Crippen LogP contribution in [-0.2, 0) is 6.18 Å². The van der Waals surface area contributed by atoms with E-state index in [1.807, 2.05) is 0 Å². The maximum atomic E-state index is 14.2. The van der Waals surface area contributed by atoms with Crippen molar-refractivity contribution in [3.05, 3.63) is 87.7 Å². The summed E-state index contributed by atoms with van der Waals surface area (Å²) in [5.74, 6) is -1.20. The number of halogens is 6. The van der Waals surface area contributed by atoms with Crippen molar-refractivity contribution in [2.75, 3.05) is 16.0 Å². The minimum absolute atomic E-state index is 0.0711. The summed E-state index contributed by atoms with van der Waals surface area (Å²) >= 11 is 16.8. The average Bonchev–Trinajstić information content (AvgIpc) is 2.72. The van der Waals surface area contributed by atoms with Gasteiger partial charge in [-0.1, -0.05) is 29.3 Å². The molecule has 3 N–H and O–H groups in total. The lowest BCUT2D eigenvalue weighted by atomic mass is 10.2. The summed E-state index contributed by atoms with van der Waals surface area (Å²) in [6.07, 6.45) is -4.51. The van der Waals surface area contributed by atoms with Crippen molar-refractivity contribution >= 4 is 63.5 Å². The first-order valence-electron chi connectivity index (χ1n) is 8.84. The molecule has 0 aliphatic carbocycles. The van der Waals surface area contributed by atoms with Gasteiger partial charge in [0.2, 0.25) is 0 Å². The van der Waals surface area contributed by atoms with Gasteiger partial charge < -0.3 is 16.0 Å². The van der Waals surface area contributed by atoms with Crippen molar-refractivity contribution < 1.29 is 22.4 Å². The summed E-state index contributed by atoms with van der Waals surface area (Å²) in [5.41, 5.74) is -0.404. The topological polar surface area (TPSA) is 53.2 Å². The first kappa shape index (κ1) is 23.8. The Morgan fingerprint density at radius 2 is 1.56 bits per heavy atom. The van der Waals surface area contributed by atoms with Crippen LogP contribution in [0.2, 0.25) is 10.0 Å². The van der Waals surface area contributed by atoms with Crippen molar-refractivity contribution in [2.24, 2.45) is 0 Å². The molecule has 166 valence electrons. The standard InChI is InChI=1S/C21H13Cl2F4N3OS/c22-15-6-4-11(8-16(15)23)19(31)28-14-5-7-17(24)18(10-14)30-20(32)29-13-3-1-2-12(9-13)21(25,26)27/h1-10H,(H,28,31)(H2,29,30,32). The van der Waals surface area contributed by atoms with Gasteiger partial charge in [-0.15, -0.1) is 0 Å². The number of amides is 1. The van der Waals surface area contributed by atoms with E-state index in [2.05, 4.69) is 16.0 Å². The Balaban J connectivity index is 1.71. The molecule has 0 saturated heterocycles. The van der Waals surface area contributed by atoms with Gasteiger partial charge >= 0.3 is 6.18 Å². The second kappa shape index (κ2) is 9.72. The molecule has 1 amide bonds. The molecule has 0 spiro atoms. The zero-order valence-electron chi connectivity index (χ0n) is 15.9. The molecule has 3 aromatic carbocycles. The fourth-order valence-corrected chi connectivity index (χ4v) is 3.12. The Kier molecular flexibility index (Phi) is 7.22. The van der Waals surface area contributed by atoms with E-state index in [-0.39, 0.29) is 32.8 Å². The van der Waals surface area contributed by atoms with Crippen LogP contribution < -0.4 is 16.0 Å². The molecule has 11 heteroatoms. The molecule has 0 bridgehead atoms. The highest BCUT2D eigenvalue weighted by molar-refractivity contribution is 7.80. The number of thiocarbonyl (C=S) groups is 1. The molecular formula is C21H13Cl2F4N3OS. The molecule has 0 aliphatic heterocycles. The van der Waals surface area contributed by atoms with E-state index < -0.39 is 23.5 Å². The van der Waals surface area contributed by atoms with E-state index in [1.54, 1.807) is 0 Å². The highest BCUT2D eigenvalue weighted by Crippen LogP contribution is 2.31. The molecule has 0 saturated carbocycles. The Morgan fingerprint density at radius 3 is 2.25 bits per heavy atom. The number of carbonyl (C=O) groups is 1. The first-order chi connectivity index (χ1) is 15.0. The number of hydrogen-bond donors (Lipinski definition) is 3. The quantitative estimate of drug-likeness (QED) is 0.261.